The summed E-state index contributed by atoms with van der Waals surface area (Å²) in [6.07, 6.45) is -4.12. The van der Waals surface area contributed by atoms with Gasteiger partial charge in [-0.05, 0) is 42.3 Å². The van der Waals surface area contributed by atoms with Gasteiger partial charge in [0.05, 0.1) is 16.2 Å². The van der Waals surface area contributed by atoms with E-state index in [1.165, 1.54) is 24.3 Å². The van der Waals surface area contributed by atoms with Crippen LogP contribution in [0.1, 0.15) is 18.9 Å². The van der Waals surface area contributed by atoms with Crippen LogP contribution in [0.4, 0.5) is 13.2 Å². The standard InChI is InChI=1S/C16H15F3O3S/c1-2-8-23(21,22)13-5-3-4-11(9-13)14-10-12(16(17,18)19)6-7-15(14)20/h3-7,9-10,20H,2,8H2,1H3. The summed E-state index contributed by atoms with van der Waals surface area (Å²) < 4.78 is 62.6. The Morgan fingerprint density at radius 3 is 2.39 bits per heavy atom. The number of phenols is 1. The Morgan fingerprint density at radius 1 is 1.09 bits per heavy atom. The number of hydrogen-bond donors (Lipinski definition) is 1. The average Bonchev–Trinajstić information content (AvgIpc) is 2.46. The summed E-state index contributed by atoms with van der Waals surface area (Å²) in [5, 5.41) is 9.83. The van der Waals surface area contributed by atoms with Crippen molar-refractivity contribution < 1.29 is 26.7 Å². The lowest BCUT2D eigenvalue weighted by molar-refractivity contribution is -0.137. The predicted molar refractivity (Wildman–Crippen MR) is 80.9 cm³/mol. The fraction of sp³-hybridized carbons (Fsp3) is 0.250. The molecule has 0 saturated carbocycles. The Hall–Kier alpha value is -2.02. The Balaban J connectivity index is 2.56. The number of alkyl halides is 3. The van der Waals surface area contributed by atoms with E-state index in [0.29, 0.717) is 6.42 Å². The van der Waals surface area contributed by atoms with Crippen LogP contribution < -0.4 is 0 Å². The molecule has 0 aliphatic heterocycles. The Labute approximate surface area is 132 Å². The number of rotatable bonds is 4. The summed E-state index contributed by atoms with van der Waals surface area (Å²) in [4.78, 5) is 0.0219. The molecule has 0 bridgehead atoms. The highest BCUT2D eigenvalue weighted by Crippen LogP contribution is 2.37. The maximum Gasteiger partial charge on any atom is 0.416 e. The highest BCUT2D eigenvalue weighted by atomic mass is 32.2. The topological polar surface area (TPSA) is 54.4 Å². The minimum Gasteiger partial charge on any atom is -0.507 e. The zero-order valence-electron chi connectivity index (χ0n) is 12.3. The van der Waals surface area contributed by atoms with Gasteiger partial charge in [0.2, 0.25) is 0 Å². The van der Waals surface area contributed by atoms with Gasteiger partial charge in [-0.3, -0.25) is 0 Å². The largest absolute Gasteiger partial charge is 0.507 e. The molecule has 0 unspecified atom stereocenters. The number of hydrogen-bond acceptors (Lipinski definition) is 3. The molecular weight excluding hydrogens is 329 g/mol. The Bertz CT molecular complexity index is 812. The number of halogens is 3. The van der Waals surface area contributed by atoms with Crippen LogP contribution in [0.2, 0.25) is 0 Å². The number of sulfone groups is 1. The number of aromatic hydroxyl groups is 1. The van der Waals surface area contributed by atoms with Gasteiger partial charge in [-0.1, -0.05) is 19.1 Å². The first-order valence-corrected chi connectivity index (χ1v) is 8.54. The van der Waals surface area contributed by atoms with Crippen molar-refractivity contribution >= 4 is 9.84 Å². The van der Waals surface area contributed by atoms with Crippen molar-refractivity contribution in [1.82, 2.24) is 0 Å². The second-order valence-corrected chi connectivity index (χ2v) is 7.19. The van der Waals surface area contributed by atoms with Gasteiger partial charge in [0.15, 0.2) is 9.84 Å². The minimum absolute atomic E-state index is 0.0219. The molecule has 1 N–H and O–H groups in total. The molecule has 124 valence electrons. The van der Waals surface area contributed by atoms with Crippen LogP contribution in [0.3, 0.4) is 0 Å². The molecule has 0 radical (unpaired) electrons. The first-order chi connectivity index (χ1) is 10.6. The predicted octanol–water partition coefficient (Wildman–Crippen LogP) is 4.26. The van der Waals surface area contributed by atoms with E-state index in [0.717, 1.165) is 18.2 Å². The van der Waals surface area contributed by atoms with Crippen LogP contribution in [0, 0.1) is 0 Å². The molecule has 0 heterocycles. The molecule has 7 heteroatoms. The second kappa shape index (κ2) is 6.23. The molecule has 2 aromatic rings. The first kappa shape index (κ1) is 17.3. The second-order valence-electron chi connectivity index (χ2n) is 5.08. The molecule has 23 heavy (non-hydrogen) atoms. The normalized spacial score (nSPS) is 12.3. The van der Waals surface area contributed by atoms with Gasteiger partial charge in [-0.25, -0.2) is 8.42 Å². The average molecular weight is 344 g/mol. The van der Waals surface area contributed by atoms with E-state index in [9.17, 15) is 26.7 Å². The Kier molecular flexibility index (Phi) is 4.70. The first-order valence-electron chi connectivity index (χ1n) is 6.88. The zero-order chi connectivity index (χ0) is 17.3. The Morgan fingerprint density at radius 2 is 1.78 bits per heavy atom. The summed E-state index contributed by atoms with van der Waals surface area (Å²) >= 11 is 0. The summed E-state index contributed by atoms with van der Waals surface area (Å²) in [7, 11) is -3.50. The van der Waals surface area contributed by atoms with Crippen molar-refractivity contribution in [3.63, 3.8) is 0 Å². The lowest BCUT2D eigenvalue weighted by atomic mass is 10.0. The van der Waals surface area contributed by atoms with Gasteiger partial charge < -0.3 is 5.11 Å². The SMILES string of the molecule is CCCS(=O)(=O)c1cccc(-c2cc(C(F)(F)F)ccc2O)c1. The minimum atomic E-state index is -4.55. The molecule has 2 aromatic carbocycles. The van der Waals surface area contributed by atoms with E-state index in [1.807, 2.05) is 0 Å². The number of phenolic OH excluding ortho intramolecular Hbond substituents is 1. The molecular formula is C16H15F3O3S. The molecule has 0 aliphatic rings. The van der Waals surface area contributed by atoms with E-state index in [4.69, 9.17) is 0 Å². The van der Waals surface area contributed by atoms with E-state index in [2.05, 4.69) is 0 Å². The zero-order valence-corrected chi connectivity index (χ0v) is 13.1. The van der Waals surface area contributed by atoms with Crippen molar-refractivity contribution in [3.8, 4) is 16.9 Å². The third-order valence-corrected chi connectivity index (χ3v) is 5.22. The van der Waals surface area contributed by atoms with Crippen molar-refractivity contribution in [3.05, 3.63) is 48.0 Å². The van der Waals surface area contributed by atoms with Crippen LogP contribution in [0.15, 0.2) is 47.4 Å². The van der Waals surface area contributed by atoms with E-state index >= 15 is 0 Å². The molecule has 0 aliphatic carbocycles. The number of benzene rings is 2. The van der Waals surface area contributed by atoms with E-state index in [-0.39, 0.29) is 27.5 Å². The molecule has 3 nitrogen and oxygen atoms in total. The lowest BCUT2D eigenvalue weighted by Gasteiger charge is -2.12. The van der Waals surface area contributed by atoms with Gasteiger partial charge in [-0.15, -0.1) is 0 Å². The molecule has 0 fully saturated rings. The highest BCUT2D eigenvalue weighted by molar-refractivity contribution is 7.91. The smallest absolute Gasteiger partial charge is 0.416 e. The van der Waals surface area contributed by atoms with Crippen LogP contribution in [0.5, 0.6) is 5.75 Å². The lowest BCUT2D eigenvalue weighted by Crippen LogP contribution is -2.06. The van der Waals surface area contributed by atoms with Crippen molar-refractivity contribution in [2.45, 2.75) is 24.4 Å². The summed E-state index contributed by atoms with van der Waals surface area (Å²) in [5.41, 5.74) is -0.758. The summed E-state index contributed by atoms with van der Waals surface area (Å²) in [6.45, 7) is 1.72. The third kappa shape index (κ3) is 3.85. The molecule has 0 saturated heterocycles. The highest BCUT2D eigenvalue weighted by Gasteiger charge is 2.31. The van der Waals surface area contributed by atoms with Gasteiger partial charge in [-0.2, -0.15) is 13.2 Å². The molecule has 0 spiro atoms. The van der Waals surface area contributed by atoms with Gasteiger partial charge in [0, 0.05) is 5.56 Å². The van der Waals surface area contributed by atoms with E-state index in [1.54, 1.807) is 6.92 Å². The van der Waals surface area contributed by atoms with E-state index < -0.39 is 21.6 Å². The molecule has 2 rings (SSSR count). The maximum atomic E-state index is 12.8. The van der Waals surface area contributed by atoms with Crippen molar-refractivity contribution in [2.75, 3.05) is 5.75 Å². The van der Waals surface area contributed by atoms with Gasteiger partial charge in [0.25, 0.3) is 0 Å². The molecule has 0 amide bonds. The maximum absolute atomic E-state index is 12.8. The third-order valence-electron chi connectivity index (χ3n) is 3.30. The fourth-order valence-electron chi connectivity index (χ4n) is 2.19. The molecule has 0 atom stereocenters. The summed E-state index contributed by atoms with van der Waals surface area (Å²) in [6, 6.07) is 8.10. The molecule has 0 aromatic heterocycles. The van der Waals surface area contributed by atoms with Crippen molar-refractivity contribution in [1.29, 1.82) is 0 Å². The van der Waals surface area contributed by atoms with Crippen LogP contribution >= 0.6 is 0 Å². The monoisotopic (exact) mass is 344 g/mol. The fourth-order valence-corrected chi connectivity index (χ4v) is 3.55. The van der Waals surface area contributed by atoms with Gasteiger partial charge >= 0.3 is 6.18 Å². The van der Waals surface area contributed by atoms with Crippen molar-refractivity contribution in [2.24, 2.45) is 0 Å². The van der Waals surface area contributed by atoms with Crippen LogP contribution in [-0.4, -0.2) is 19.3 Å². The van der Waals surface area contributed by atoms with Gasteiger partial charge in [0.1, 0.15) is 5.75 Å². The quantitative estimate of drug-likeness (QED) is 0.901. The summed E-state index contributed by atoms with van der Waals surface area (Å²) in [5.74, 6) is -0.395. The van der Waals surface area contributed by atoms with Crippen LogP contribution in [0.25, 0.3) is 11.1 Å². The van der Waals surface area contributed by atoms with Crippen LogP contribution in [-0.2, 0) is 16.0 Å².